The van der Waals surface area contributed by atoms with Gasteiger partial charge in [-0.05, 0) is 37.4 Å². The summed E-state index contributed by atoms with van der Waals surface area (Å²) < 4.78 is 0. The number of nitrogen functional groups attached to an aromatic ring is 1. The number of aromatic nitrogens is 2. The number of piperidine rings is 1. The smallest absolute Gasteiger partial charge is 0.222 e. The molecule has 3 N–H and O–H groups in total. The van der Waals surface area contributed by atoms with Crippen LogP contribution < -0.4 is 16.0 Å². The number of hydrogen-bond acceptors (Lipinski definition) is 5. The van der Waals surface area contributed by atoms with E-state index in [2.05, 4.69) is 20.2 Å². The Morgan fingerprint density at radius 3 is 2.96 bits per heavy atom. The largest absolute Gasteiger partial charge is 0.368 e. The third-order valence-electron chi connectivity index (χ3n) is 4.77. The summed E-state index contributed by atoms with van der Waals surface area (Å²) in [7, 11) is 0. The van der Waals surface area contributed by atoms with Gasteiger partial charge in [-0.15, -0.1) is 0 Å². The van der Waals surface area contributed by atoms with Crippen LogP contribution in [0.2, 0.25) is 5.02 Å². The third-order valence-corrected chi connectivity index (χ3v) is 5.01. The van der Waals surface area contributed by atoms with Gasteiger partial charge in [0.05, 0.1) is 5.69 Å². The predicted molar refractivity (Wildman–Crippen MR) is 93.6 cm³/mol. The molecule has 2 unspecified atom stereocenters. The zero-order chi connectivity index (χ0) is 15.8. The first-order valence-electron chi connectivity index (χ1n) is 8.08. The molecule has 0 bridgehead atoms. The minimum atomic E-state index is 0.306. The molecule has 2 aromatic rings. The highest BCUT2D eigenvalue weighted by molar-refractivity contribution is 6.30. The molecule has 3 heterocycles. The van der Waals surface area contributed by atoms with E-state index in [0.717, 1.165) is 36.7 Å². The molecule has 23 heavy (non-hydrogen) atoms. The molecule has 120 valence electrons. The van der Waals surface area contributed by atoms with E-state index < -0.39 is 0 Å². The topological polar surface area (TPSA) is 67.1 Å². The summed E-state index contributed by atoms with van der Waals surface area (Å²) in [5.41, 5.74) is 7.73. The summed E-state index contributed by atoms with van der Waals surface area (Å²) in [6, 6.07) is 10.2. The molecule has 0 saturated carbocycles. The van der Waals surface area contributed by atoms with Crippen molar-refractivity contribution in [3.05, 3.63) is 35.4 Å². The Morgan fingerprint density at radius 2 is 2.13 bits per heavy atom. The van der Waals surface area contributed by atoms with Gasteiger partial charge in [0.1, 0.15) is 5.82 Å². The summed E-state index contributed by atoms with van der Waals surface area (Å²) in [6.07, 6.45) is 2.55. The van der Waals surface area contributed by atoms with E-state index in [9.17, 15) is 0 Å². The van der Waals surface area contributed by atoms with Gasteiger partial charge in [-0.25, -0.2) is 4.98 Å². The first-order valence-corrected chi connectivity index (χ1v) is 8.46. The molecule has 0 amide bonds. The van der Waals surface area contributed by atoms with Crippen LogP contribution in [0.4, 0.5) is 11.8 Å². The number of fused-ring (bicyclic) bond motifs is 1. The zero-order valence-electron chi connectivity index (χ0n) is 12.9. The average Bonchev–Trinajstić information content (AvgIpc) is 2.98. The standard InChI is InChI=1S/C17H20ClN5/c18-13-5-1-3-11(7-13)14-8-16(22-17(19)21-14)23-9-12-4-2-6-20-15(12)10-23/h1,3,5,7-8,12,15,20H,2,4,6,9-10H2,(H2,19,21,22). The molecule has 2 aliphatic heterocycles. The zero-order valence-corrected chi connectivity index (χ0v) is 13.6. The summed E-state index contributed by atoms with van der Waals surface area (Å²) in [5, 5.41) is 4.31. The van der Waals surface area contributed by atoms with E-state index in [0.29, 0.717) is 22.9 Å². The maximum absolute atomic E-state index is 6.09. The molecule has 2 atom stereocenters. The van der Waals surface area contributed by atoms with Crippen molar-refractivity contribution in [1.82, 2.24) is 15.3 Å². The monoisotopic (exact) mass is 329 g/mol. The second kappa shape index (κ2) is 5.98. The fraction of sp³-hybridized carbons (Fsp3) is 0.412. The number of nitrogens with one attached hydrogen (secondary N) is 1. The fourth-order valence-electron chi connectivity index (χ4n) is 3.64. The van der Waals surface area contributed by atoms with E-state index in [4.69, 9.17) is 17.3 Å². The van der Waals surface area contributed by atoms with Crippen LogP contribution in [0.25, 0.3) is 11.3 Å². The van der Waals surface area contributed by atoms with Crippen LogP contribution in [0.3, 0.4) is 0 Å². The van der Waals surface area contributed by atoms with Gasteiger partial charge in [-0.2, -0.15) is 4.98 Å². The normalized spacial score (nSPS) is 23.8. The first-order chi connectivity index (χ1) is 11.2. The van der Waals surface area contributed by atoms with E-state index in [-0.39, 0.29) is 0 Å². The lowest BCUT2D eigenvalue weighted by atomic mass is 9.94. The fourth-order valence-corrected chi connectivity index (χ4v) is 3.83. The predicted octanol–water partition coefficient (Wildman–Crippen LogP) is 2.57. The number of anilines is 2. The third kappa shape index (κ3) is 2.99. The van der Waals surface area contributed by atoms with Crippen molar-refractivity contribution in [2.24, 2.45) is 5.92 Å². The number of benzene rings is 1. The van der Waals surface area contributed by atoms with Crippen LogP contribution >= 0.6 is 11.6 Å². The highest BCUT2D eigenvalue weighted by Crippen LogP contribution is 2.30. The SMILES string of the molecule is Nc1nc(-c2cccc(Cl)c2)cc(N2CC3CCCNC3C2)n1. The van der Waals surface area contributed by atoms with Crippen molar-refractivity contribution in [3.8, 4) is 11.3 Å². The van der Waals surface area contributed by atoms with Gasteiger partial charge in [0.2, 0.25) is 5.95 Å². The molecule has 1 aromatic heterocycles. The maximum atomic E-state index is 6.09. The Balaban J connectivity index is 1.65. The van der Waals surface area contributed by atoms with Gasteiger partial charge in [0.15, 0.2) is 0 Å². The molecule has 0 spiro atoms. The molecular formula is C17H20ClN5. The Bertz CT molecular complexity index is 706. The second-order valence-corrected chi connectivity index (χ2v) is 6.78. The Kier molecular flexibility index (Phi) is 3.83. The van der Waals surface area contributed by atoms with Crippen LogP contribution in [0.15, 0.2) is 30.3 Å². The Morgan fingerprint density at radius 1 is 1.22 bits per heavy atom. The summed E-state index contributed by atoms with van der Waals surface area (Å²) in [5.74, 6) is 1.92. The Labute approximate surface area is 140 Å². The average molecular weight is 330 g/mol. The minimum Gasteiger partial charge on any atom is -0.368 e. The van der Waals surface area contributed by atoms with Gasteiger partial charge in [0, 0.05) is 35.8 Å². The van der Waals surface area contributed by atoms with Crippen molar-refractivity contribution >= 4 is 23.4 Å². The van der Waals surface area contributed by atoms with E-state index in [1.165, 1.54) is 12.8 Å². The van der Waals surface area contributed by atoms with Crippen LogP contribution in [-0.2, 0) is 0 Å². The lowest BCUT2D eigenvalue weighted by molar-refractivity contribution is 0.340. The molecule has 2 saturated heterocycles. The second-order valence-electron chi connectivity index (χ2n) is 6.35. The van der Waals surface area contributed by atoms with Gasteiger partial charge in [-0.1, -0.05) is 23.7 Å². The van der Waals surface area contributed by atoms with E-state index in [1.54, 1.807) is 0 Å². The van der Waals surface area contributed by atoms with Gasteiger partial charge in [-0.3, -0.25) is 0 Å². The van der Waals surface area contributed by atoms with E-state index >= 15 is 0 Å². The highest BCUT2D eigenvalue weighted by atomic mass is 35.5. The van der Waals surface area contributed by atoms with Gasteiger partial charge in [0.25, 0.3) is 0 Å². The van der Waals surface area contributed by atoms with Crippen LogP contribution in [0.1, 0.15) is 12.8 Å². The Hall–Kier alpha value is -1.85. The number of nitrogens with two attached hydrogens (primary N) is 1. The highest BCUT2D eigenvalue weighted by Gasteiger charge is 2.35. The summed E-state index contributed by atoms with van der Waals surface area (Å²) in [6.45, 7) is 3.13. The van der Waals surface area contributed by atoms with Crippen molar-refractivity contribution < 1.29 is 0 Å². The molecule has 2 aliphatic rings. The molecule has 5 nitrogen and oxygen atoms in total. The first kappa shape index (κ1) is 14.7. The molecule has 2 fully saturated rings. The molecule has 1 aromatic carbocycles. The number of hydrogen-bond donors (Lipinski definition) is 2. The molecular weight excluding hydrogens is 310 g/mol. The van der Waals surface area contributed by atoms with Crippen molar-refractivity contribution in [3.63, 3.8) is 0 Å². The van der Waals surface area contributed by atoms with Crippen LogP contribution in [0, 0.1) is 5.92 Å². The molecule has 0 aliphatic carbocycles. The number of nitrogens with zero attached hydrogens (tertiary/aromatic N) is 3. The van der Waals surface area contributed by atoms with Crippen molar-refractivity contribution in [2.75, 3.05) is 30.3 Å². The van der Waals surface area contributed by atoms with Crippen molar-refractivity contribution in [2.45, 2.75) is 18.9 Å². The quantitative estimate of drug-likeness (QED) is 0.886. The molecule has 6 heteroatoms. The summed E-state index contributed by atoms with van der Waals surface area (Å²) in [4.78, 5) is 11.1. The lowest BCUT2D eigenvalue weighted by Crippen LogP contribution is -2.40. The summed E-state index contributed by atoms with van der Waals surface area (Å²) >= 11 is 6.09. The van der Waals surface area contributed by atoms with Crippen LogP contribution in [0.5, 0.6) is 0 Å². The molecule has 4 rings (SSSR count). The molecule has 0 radical (unpaired) electrons. The number of rotatable bonds is 2. The lowest BCUT2D eigenvalue weighted by Gasteiger charge is -2.24. The van der Waals surface area contributed by atoms with Gasteiger partial charge >= 0.3 is 0 Å². The van der Waals surface area contributed by atoms with Crippen molar-refractivity contribution in [1.29, 1.82) is 0 Å². The van der Waals surface area contributed by atoms with E-state index in [1.807, 2.05) is 30.3 Å². The maximum Gasteiger partial charge on any atom is 0.222 e. The van der Waals surface area contributed by atoms with Crippen LogP contribution in [-0.4, -0.2) is 35.6 Å². The van der Waals surface area contributed by atoms with Gasteiger partial charge < -0.3 is 16.0 Å². The minimum absolute atomic E-state index is 0.306. The number of halogens is 1.